The lowest BCUT2D eigenvalue weighted by atomic mass is 9.81. The van der Waals surface area contributed by atoms with Crippen LogP contribution >= 0.6 is 0 Å². The Morgan fingerprint density at radius 2 is 1.81 bits per heavy atom. The molecule has 0 spiro atoms. The third kappa shape index (κ3) is 6.46. The predicted molar refractivity (Wildman–Crippen MR) is 148 cm³/mol. The van der Waals surface area contributed by atoms with Gasteiger partial charge in [-0.15, -0.1) is 0 Å². The Hall–Kier alpha value is -3.99. The molecule has 5 heterocycles. The monoisotopic (exact) mass is 672 g/mol. The maximum atomic E-state index is 14.1. The van der Waals surface area contributed by atoms with Gasteiger partial charge in [0.25, 0.3) is 11.8 Å². The zero-order valence-corrected chi connectivity index (χ0v) is 24.9. The van der Waals surface area contributed by atoms with Crippen LogP contribution in [0.2, 0.25) is 0 Å². The normalized spacial score (nSPS) is 25.3. The van der Waals surface area contributed by atoms with Crippen molar-refractivity contribution >= 4 is 23.1 Å². The summed E-state index contributed by atoms with van der Waals surface area (Å²) in [6.07, 6.45) is -2.81. The molecule has 2 N–H and O–H groups in total. The van der Waals surface area contributed by atoms with Crippen molar-refractivity contribution in [1.82, 2.24) is 35.5 Å². The molecule has 2 saturated carbocycles. The van der Waals surface area contributed by atoms with E-state index in [1.54, 1.807) is 0 Å². The molecule has 2 aliphatic heterocycles. The lowest BCUT2D eigenvalue weighted by Crippen LogP contribution is -2.56. The molecule has 0 radical (unpaired) electrons. The standard InChI is InChI=1S/C29H31F7N8O3/c30-27(31)5-3-15(4-6-27)22(39-26(46)24-23(14-1-2-14)41-47-42-24)19-11-44-21(38-19)9-20(43-12-28(32,33)13-43)18(40-44)8-16-7-17(29(34,35)36)10-37-25(16)45/h9,11,14-17,22H,1-8,10,12-13H2,(H,37,45)(H,39,46)/t16-,17-,22+/m1/s1. The Labute approximate surface area is 262 Å². The van der Waals surface area contributed by atoms with Crippen LogP contribution in [-0.2, 0) is 11.2 Å². The smallest absolute Gasteiger partial charge is 0.358 e. The minimum absolute atomic E-state index is 0.00766. The van der Waals surface area contributed by atoms with Gasteiger partial charge in [-0.05, 0) is 43.2 Å². The Bertz CT molecular complexity index is 1670. The molecule has 254 valence electrons. The second kappa shape index (κ2) is 11.3. The van der Waals surface area contributed by atoms with Crippen molar-refractivity contribution in [2.45, 2.75) is 81.3 Å². The van der Waals surface area contributed by atoms with E-state index in [-0.39, 0.29) is 53.6 Å². The summed E-state index contributed by atoms with van der Waals surface area (Å²) >= 11 is 0. The average molecular weight is 673 g/mol. The molecule has 0 bridgehead atoms. The molecule has 0 unspecified atom stereocenters. The SMILES string of the molecule is O=C(N[C@H](c1cn2nc(C[C@H]3C[C@@H](C(F)(F)F)CNC3=O)c(N3CC(F)(F)C3)cc2n1)C1CCC(F)(F)CC1)c1nonc1C1CC1. The number of aromatic nitrogens is 5. The summed E-state index contributed by atoms with van der Waals surface area (Å²) in [5, 5.41) is 17.3. The molecule has 47 heavy (non-hydrogen) atoms. The third-order valence-electron chi connectivity index (χ3n) is 9.60. The quantitative estimate of drug-likeness (QED) is 0.333. The predicted octanol–water partition coefficient (Wildman–Crippen LogP) is 4.60. The molecular formula is C29H31F7N8O3. The number of alkyl halides is 7. The van der Waals surface area contributed by atoms with Crippen LogP contribution in [0.4, 0.5) is 36.4 Å². The maximum absolute atomic E-state index is 14.1. The van der Waals surface area contributed by atoms with E-state index >= 15 is 0 Å². The second-order valence-corrected chi connectivity index (χ2v) is 13.2. The van der Waals surface area contributed by atoms with Gasteiger partial charge in [-0.1, -0.05) is 5.16 Å². The third-order valence-corrected chi connectivity index (χ3v) is 9.60. The van der Waals surface area contributed by atoms with Gasteiger partial charge in [-0.2, -0.15) is 18.3 Å². The van der Waals surface area contributed by atoms with E-state index in [1.165, 1.54) is 21.7 Å². The van der Waals surface area contributed by atoms with Gasteiger partial charge in [0, 0.05) is 43.7 Å². The van der Waals surface area contributed by atoms with Crippen LogP contribution in [0.15, 0.2) is 16.9 Å². The van der Waals surface area contributed by atoms with Crippen LogP contribution in [0.1, 0.15) is 84.5 Å². The van der Waals surface area contributed by atoms with Crippen LogP contribution in [-0.4, -0.2) is 74.4 Å². The number of fused-ring (bicyclic) bond motifs is 1. The minimum atomic E-state index is -4.53. The van der Waals surface area contributed by atoms with Crippen molar-refractivity contribution in [2.75, 3.05) is 24.5 Å². The van der Waals surface area contributed by atoms with Gasteiger partial charge in [0.05, 0.1) is 48.3 Å². The molecule has 2 saturated heterocycles. The number of anilines is 1. The number of nitrogens with zero attached hydrogens (tertiary/aromatic N) is 6. The number of halogens is 7. The average Bonchev–Trinajstić information content (AvgIpc) is 3.55. The number of carbonyl (C=O) groups is 2. The van der Waals surface area contributed by atoms with Crippen molar-refractivity contribution < 1.29 is 45.0 Å². The molecular weight excluding hydrogens is 641 g/mol. The topological polar surface area (TPSA) is 131 Å². The van der Waals surface area contributed by atoms with Crippen molar-refractivity contribution in [2.24, 2.45) is 17.8 Å². The Morgan fingerprint density at radius 3 is 2.47 bits per heavy atom. The van der Waals surface area contributed by atoms with Crippen LogP contribution < -0.4 is 15.5 Å². The molecule has 2 amide bonds. The molecule has 4 aliphatic rings. The van der Waals surface area contributed by atoms with Crippen LogP contribution in [0.3, 0.4) is 0 Å². The highest BCUT2D eigenvalue weighted by Gasteiger charge is 2.47. The van der Waals surface area contributed by atoms with Crippen molar-refractivity contribution in [3.63, 3.8) is 0 Å². The van der Waals surface area contributed by atoms with Gasteiger partial charge >= 0.3 is 6.18 Å². The Balaban J connectivity index is 1.22. The lowest BCUT2D eigenvalue weighted by Gasteiger charge is -2.41. The second-order valence-electron chi connectivity index (χ2n) is 13.2. The highest BCUT2D eigenvalue weighted by atomic mass is 19.4. The maximum Gasteiger partial charge on any atom is 0.393 e. The fourth-order valence-corrected chi connectivity index (χ4v) is 6.80. The lowest BCUT2D eigenvalue weighted by molar-refractivity contribution is -0.183. The van der Waals surface area contributed by atoms with Gasteiger partial charge in [0.2, 0.25) is 11.8 Å². The van der Waals surface area contributed by atoms with Gasteiger partial charge in [-0.25, -0.2) is 31.7 Å². The molecule has 3 aromatic rings. The van der Waals surface area contributed by atoms with Crippen molar-refractivity contribution in [1.29, 1.82) is 0 Å². The summed E-state index contributed by atoms with van der Waals surface area (Å²) in [5.74, 6) is -10.3. The number of imidazole rings is 1. The van der Waals surface area contributed by atoms with E-state index < -0.39 is 92.5 Å². The van der Waals surface area contributed by atoms with E-state index in [0.29, 0.717) is 5.69 Å². The molecule has 18 heteroatoms. The Kier molecular flexibility index (Phi) is 7.61. The van der Waals surface area contributed by atoms with E-state index in [2.05, 4.69) is 31.0 Å². The summed E-state index contributed by atoms with van der Waals surface area (Å²) in [5.41, 5.74) is 1.16. The van der Waals surface area contributed by atoms with Crippen LogP contribution in [0, 0.1) is 17.8 Å². The van der Waals surface area contributed by atoms with E-state index in [0.717, 1.165) is 12.8 Å². The first-order valence-corrected chi connectivity index (χ1v) is 15.5. The molecule has 2 aliphatic carbocycles. The highest BCUT2D eigenvalue weighted by molar-refractivity contribution is 5.93. The first-order valence-electron chi connectivity index (χ1n) is 15.5. The summed E-state index contributed by atoms with van der Waals surface area (Å²) in [4.78, 5) is 32.0. The summed E-state index contributed by atoms with van der Waals surface area (Å²) < 4.78 is 103. The van der Waals surface area contributed by atoms with Gasteiger partial charge in [0.15, 0.2) is 11.3 Å². The van der Waals surface area contributed by atoms with Crippen LogP contribution in [0.5, 0.6) is 0 Å². The number of amides is 2. The van der Waals surface area contributed by atoms with E-state index in [9.17, 15) is 40.3 Å². The molecule has 0 aromatic carbocycles. The van der Waals surface area contributed by atoms with Gasteiger partial charge in [0.1, 0.15) is 5.69 Å². The molecule has 7 rings (SSSR count). The first-order chi connectivity index (χ1) is 22.2. The number of piperidine rings is 1. The van der Waals surface area contributed by atoms with E-state index in [4.69, 9.17) is 4.63 Å². The number of rotatable bonds is 8. The largest absolute Gasteiger partial charge is 0.393 e. The number of hydrogen-bond donors (Lipinski definition) is 2. The zero-order valence-electron chi connectivity index (χ0n) is 24.9. The van der Waals surface area contributed by atoms with Gasteiger partial charge < -0.3 is 15.5 Å². The number of hydrogen-bond acceptors (Lipinski definition) is 8. The fraction of sp³-hybridized carbons (Fsp3) is 0.655. The summed E-state index contributed by atoms with van der Waals surface area (Å²) in [7, 11) is 0. The fourth-order valence-electron chi connectivity index (χ4n) is 6.80. The number of carbonyl (C=O) groups excluding carboxylic acids is 2. The molecule has 11 nitrogen and oxygen atoms in total. The first kappa shape index (κ1) is 31.6. The summed E-state index contributed by atoms with van der Waals surface area (Å²) in [6, 6.07) is 0.588. The van der Waals surface area contributed by atoms with Gasteiger partial charge in [-0.3, -0.25) is 9.59 Å². The Morgan fingerprint density at radius 1 is 1.09 bits per heavy atom. The molecule has 4 fully saturated rings. The summed E-state index contributed by atoms with van der Waals surface area (Å²) in [6.45, 7) is -1.86. The highest BCUT2D eigenvalue weighted by Crippen LogP contribution is 2.43. The van der Waals surface area contributed by atoms with E-state index in [1.807, 2.05) is 0 Å². The minimum Gasteiger partial charge on any atom is -0.358 e. The van der Waals surface area contributed by atoms with Crippen molar-refractivity contribution in [3.8, 4) is 0 Å². The molecule has 3 atom stereocenters. The zero-order chi connectivity index (χ0) is 33.3. The van der Waals surface area contributed by atoms with Crippen molar-refractivity contribution in [3.05, 3.63) is 35.0 Å². The van der Waals surface area contributed by atoms with Crippen LogP contribution in [0.25, 0.3) is 5.65 Å². The molecule has 3 aromatic heterocycles. The number of nitrogens with one attached hydrogen (secondary N) is 2.